The molecule has 84 valence electrons. The van der Waals surface area contributed by atoms with E-state index in [0.717, 1.165) is 12.6 Å². The van der Waals surface area contributed by atoms with Gasteiger partial charge in [-0.05, 0) is 40.0 Å². The summed E-state index contributed by atoms with van der Waals surface area (Å²) in [5.41, 5.74) is 0. The van der Waals surface area contributed by atoms with Crippen LogP contribution in [0.4, 0.5) is 0 Å². The van der Waals surface area contributed by atoms with Crippen molar-refractivity contribution >= 4 is 0 Å². The Kier molecular flexibility index (Phi) is 5.45. The zero-order chi connectivity index (χ0) is 10.4. The van der Waals surface area contributed by atoms with Crippen molar-refractivity contribution in [2.45, 2.75) is 25.8 Å². The fourth-order valence-electron chi connectivity index (χ4n) is 1.96. The highest BCUT2D eigenvalue weighted by atomic mass is 15.2. The number of hydrogen-bond donors (Lipinski definition) is 1. The molecule has 3 nitrogen and oxygen atoms in total. The summed E-state index contributed by atoms with van der Waals surface area (Å²) in [6.45, 7) is 8.31. The predicted octanol–water partition coefficient (Wildman–Crippen LogP) is 0.622. The number of rotatable bonds is 5. The van der Waals surface area contributed by atoms with Gasteiger partial charge >= 0.3 is 0 Å². The fourth-order valence-corrected chi connectivity index (χ4v) is 1.96. The molecule has 1 saturated heterocycles. The third-order valence-electron chi connectivity index (χ3n) is 3.25. The lowest BCUT2D eigenvalue weighted by molar-refractivity contribution is 0.174. The summed E-state index contributed by atoms with van der Waals surface area (Å²) in [6, 6.07) is 0.718. The third-order valence-corrected chi connectivity index (χ3v) is 3.25. The van der Waals surface area contributed by atoms with Crippen LogP contribution in [-0.4, -0.2) is 62.7 Å². The van der Waals surface area contributed by atoms with E-state index in [2.05, 4.69) is 36.1 Å². The minimum Gasteiger partial charge on any atom is -0.316 e. The molecule has 1 unspecified atom stereocenters. The highest BCUT2D eigenvalue weighted by Gasteiger charge is 2.17. The molecule has 1 fully saturated rings. The molecular weight excluding hydrogens is 174 g/mol. The number of hydrogen-bond acceptors (Lipinski definition) is 3. The van der Waals surface area contributed by atoms with E-state index in [1.165, 1.54) is 39.0 Å². The van der Waals surface area contributed by atoms with E-state index in [-0.39, 0.29) is 0 Å². The van der Waals surface area contributed by atoms with Crippen LogP contribution in [0, 0.1) is 0 Å². The molecule has 0 saturated carbocycles. The second-order valence-electron chi connectivity index (χ2n) is 4.32. The summed E-state index contributed by atoms with van der Waals surface area (Å²) in [6.07, 6.45) is 2.69. The average molecular weight is 199 g/mol. The molecular formula is C11H25N3. The highest BCUT2D eigenvalue weighted by Crippen LogP contribution is 2.08. The summed E-state index contributed by atoms with van der Waals surface area (Å²) < 4.78 is 0. The monoisotopic (exact) mass is 199 g/mol. The maximum Gasteiger partial charge on any atom is 0.0192 e. The lowest BCUT2D eigenvalue weighted by atomic mass is 10.1. The van der Waals surface area contributed by atoms with Gasteiger partial charge in [-0.25, -0.2) is 0 Å². The maximum absolute atomic E-state index is 3.38. The number of likely N-dealkylation sites (tertiary alicyclic amines) is 1. The zero-order valence-corrected chi connectivity index (χ0v) is 9.92. The molecule has 14 heavy (non-hydrogen) atoms. The number of likely N-dealkylation sites (N-methyl/N-ethyl adjacent to an activating group) is 2. The van der Waals surface area contributed by atoms with Crippen LogP contribution in [-0.2, 0) is 0 Å². The third kappa shape index (κ3) is 3.95. The van der Waals surface area contributed by atoms with E-state index in [1.807, 2.05) is 0 Å². The summed E-state index contributed by atoms with van der Waals surface area (Å²) in [5.74, 6) is 0. The van der Waals surface area contributed by atoms with Gasteiger partial charge in [-0.1, -0.05) is 6.92 Å². The first kappa shape index (κ1) is 12.0. The van der Waals surface area contributed by atoms with E-state index >= 15 is 0 Å². The average Bonchev–Trinajstić information content (AvgIpc) is 2.26. The Balaban J connectivity index is 2.17. The first-order chi connectivity index (χ1) is 6.76. The van der Waals surface area contributed by atoms with E-state index in [4.69, 9.17) is 0 Å². The van der Waals surface area contributed by atoms with Crippen molar-refractivity contribution in [1.29, 1.82) is 0 Å². The molecule has 0 amide bonds. The Hall–Kier alpha value is -0.120. The van der Waals surface area contributed by atoms with Crippen LogP contribution >= 0.6 is 0 Å². The number of nitrogens with zero attached hydrogens (tertiary/aromatic N) is 2. The van der Waals surface area contributed by atoms with Crippen molar-refractivity contribution in [3.05, 3.63) is 0 Å². The summed E-state index contributed by atoms with van der Waals surface area (Å²) >= 11 is 0. The molecule has 0 aromatic heterocycles. The van der Waals surface area contributed by atoms with E-state index in [1.54, 1.807) is 0 Å². The molecule has 0 radical (unpaired) electrons. The number of piperidine rings is 1. The second-order valence-corrected chi connectivity index (χ2v) is 4.32. The molecule has 1 rings (SSSR count). The molecule has 0 aromatic rings. The molecule has 0 spiro atoms. The van der Waals surface area contributed by atoms with Crippen LogP contribution < -0.4 is 5.32 Å². The van der Waals surface area contributed by atoms with Gasteiger partial charge in [0, 0.05) is 25.7 Å². The Morgan fingerprint density at radius 2 is 2.29 bits per heavy atom. The minimum atomic E-state index is 0.718. The fraction of sp³-hybridized carbons (Fsp3) is 1.00. The normalized spacial score (nSPS) is 24.4. The standard InChI is InChI=1S/C11H25N3/c1-4-13(3)8-9-14-7-5-6-11(10-14)12-2/h11-12H,4-10H2,1-3H3. The highest BCUT2D eigenvalue weighted by molar-refractivity contribution is 4.77. The Morgan fingerprint density at radius 1 is 1.50 bits per heavy atom. The van der Waals surface area contributed by atoms with Crippen molar-refractivity contribution in [1.82, 2.24) is 15.1 Å². The van der Waals surface area contributed by atoms with E-state index in [0.29, 0.717) is 0 Å². The molecule has 1 heterocycles. The summed E-state index contributed by atoms with van der Waals surface area (Å²) in [5, 5.41) is 3.38. The van der Waals surface area contributed by atoms with Crippen molar-refractivity contribution in [3.63, 3.8) is 0 Å². The van der Waals surface area contributed by atoms with E-state index in [9.17, 15) is 0 Å². The lowest BCUT2D eigenvalue weighted by Gasteiger charge is -2.33. The van der Waals surface area contributed by atoms with Crippen molar-refractivity contribution in [2.24, 2.45) is 0 Å². The predicted molar refractivity (Wildman–Crippen MR) is 61.7 cm³/mol. The van der Waals surface area contributed by atoms with Crippen molar-refractivity contribution < 1.29 is 0 Å². The quantitative estimate of drug-likeness (QED) is 0.700. The van der Waals surface area contributed by atoms with Crippen LogP contribution in [0.1, 0.15) is 19.8 Å². The van der Waals surface area contributed by atoms with Gasteiger partial charge < -0.3 is 15.1 Å². The molecule has 1 atom stereocenters. The summed E-state index contributed by atoms with van der Waals surface area (Å²) in [7, 11) is 4.27. The largest absolute Gasteiger partial charge is 0.316 e. The van der Waals surface area contributed by atoms with Gasteiger partial charge in [-0.15, -0.1) is 0 Å². The van der Waals surface area contributed by atoms with Crippen LogP contribution in [0.3, 0.4) is 0 Å². The van der Waals surface area contributed by atoms with Gasteiger partial charge in [0.15, 0.2) is 0 Å². The molecule has 1 N–H and O–H groups in total. The molecule has 0 bridgehead atoms. The topological polar surface area (TPSA) is 18.5 Å². The zero-order valence-electron chi connectivity index (χ0n) is 9.92. The smallest absolute Gasteiger partial charge is 0.0192 e. The van der Waals surface area contributed by atoms with Crippen LogP contribution in [0.5, 0.6) is 0 Å². The number of nitrogens with one attached hydrogen (secondary N) is 1. The molecule has 3 heteroatoms. The SMILES string of the molecule is CCN(C)CCN1CCCC(NC)C1. The Morgan fingerprint density at radius 3 is 2.93 bits per heavy atom. The van der Waals surface area contributed by atoms with Crippen LogP contribution in [0.25, 0.3) is 0 Å². The van der Waals surface area contributed by atoms with E-state index < -0.39 is 0 Å². The van der Waals surface area contributed by atoms with Crippen molar-refractivity contribution in [2.75, 3.05) is 46.8 Å². The maximum atomic E-state index is 3.38. The molecule has 0 aromatic carbocycles. The van der Waals surface area contributed by atoms with Gasteiger partial charge in [-0.2, -0.15) is 0 Å². The van der Waals surface area contributed by atoms with Gasteiger partial charge in [0.2, 0.25) is 0 Å². The minimum absolute atomic E-state index is 0.718. The molecule has 1 aliphatic heterocycles. The van der Waals surface area contributed by atoms with Gasteiger partial charge in [-0.3, -0.25) is 0 Å². The van der Waals surface area contributed by atoms with Crippen molar-refractivity contribution in [3.8, 4) is 0 Å². The molecule has 1 aliphatic rings. The lowest BCUT2D eigenvalue weighted by Crippen LogP contribution is -2.46. The first-order valence-electron chi connectivity index (χ1n) is 5.84. The summed E-state index contributed by atoms with van der Waals surface area (Å²) in [4.78, 5) is 4.96. The first-order valence-corrected chi connectivity index (χ1v) is 5.84. The van der Waals surface area contributed by atoms with Crippen LogP contribution in [0.15, 0.2) is 0 Å². The Labute approximate surface area is 88.5 Å². The Bertz CT molecular complexity index is 149. The second kappa shape index (κ2) is 6.38. The van der Waals surface area contributed by atoms with Gasteiger partial charge in [0.25, 0.3) is 0 Å². The van der Waals surface area contributed by atoms with Crippen LogP contribution in [0.2, 0.25) is 0 Å². The van der Waals surface area contributed by atoms with Gasteiger partial charge in [0.05, 0.1) is 0 Å². The van der Waals surface area contributed by atoms with Gasteiger partial charge in [0.1, 0.15) is 0 Å². The molecule has 0 aliphatic carbocycles.